The van der Waals surface area contributed by atoms with Crippen LogP contribution in [0.5, 0.6) is 11.5 Å². The van der Waals surface area contributed by atoms with Crippen LogP contribution in [-0.2, 0) is 11.2 Å². The number of nitrogens with one attached hydrogen (secondary N) is 1. The molecular formula is C23H27NO5. The average molecular weight is 397 g/mol. The number of rotatable bonds is 0. The van der Waals surface area contributed by atoms with E-state index in [-0.39, 0.29) is 34.0 Å². The van der Waals surface area contributed by atoms with Gasteiger partial charge < -0.3 is 9.84 Å². The van der Waals surface area contributed by atoms with E-state index in [1.54, 1.807) is 0 Å². The molecule has 4 atom stereocenters. The number of imide groups is 1. The van der Waals surface area contributed by atoms with Gasteiger partial charge in [0, 0.05) is 28.7 Å². The van der Waals surface area contributed by atoms with Crippen LogP contribution >= 0.6 is 0 Å². The molecule has 5 rings (SSSR count). The van der Waals surface area contributed by atoms with E-state index in [9.17, 15) is 19.5 Å². The van der Waals surface area contributed by atoms with Crippen LogP contribution in [0.1, 0.15) is 79.7 Å². The number of ether oxygens (including phenoxy) is 1. The maximum absolute atomic E-state index is 12.8. The van der Waals surface area contributed by atoms with E-state index in [4.69, 9.17) is 4.74 Å². The summed E-state index contributed by atoms with van der Waals surface area (Å²) in [6.45, 7) is 8.45. The minimum atomic E-state index is -0.609. The molecule has 1 spiro atoms. The molecule has 4 aliphatic rings. The molecular weight excluding hydrogens is 370 g/mol. The van der Waals surface area contributed by atoms with Gasteiger partial charge in [-0.25, -0.2) is 0 Å². The summed E-state index contributed by atoms with van der Waals surface area (Å²) >= 11 is 0. The standard InChI is InChI=1S/C23H27NO5/c1-11-5-6-15-21(2,3)16(26)7-8-23(15)22(11,4)10-13-14(25)9-12-17(18(13)29-23)20(28)24-19(12)27/h9,11,15,25H,5-8,10H2,1-4H3,(H,24,27,28)/t11-,15-,22+,23-/m0/s1. The van der Waals surface area contributed by atoms with Crippen molar-refractivity contribution in [3.05, 3.63) is 22.8 Å². The quantitative estimate of drug-likeness (QED) is 0.655. The van der Waals surface area contributed by atoms with E-state index in [0.717, 1.165) is 12.8 Å². The van der Waals surface area contributed by atoms with Crippen molar-refractivity contribution in [2.24, 2.45) is 22.7 Å². The summed E-state index contributed by atoms with van der Waals surface area (Å²) in [6.07, 6.45) is 3.47. The molecule has 0 bridgehead atoms. The van der Waals surface area contributed by atoms with Gasteiger partial charge in [0.25, 0.3) is 11.8 Å². The predicted octanol–water partition coefficient (Wildman–Crippen LogP) is 3.39. The van der Waals surface area contributed by atoms with Crippen molar-refractivity contribution in [2.75, 3.05) is 0 Å². The second kappa shape index (κ2) is 5.41. The number of amides is 2. The second-order valence-corrected chi connectivity index (χ2v) is 10.2. The Kier molecular flexibility index (Phi) is 3.48. The van der Waals surface area contributed by atoms with E-state index in [1.807, 2.05) is 13.8 Å². The summed E-state index contributed by atoms with van der Waals surface area (Å²) in [7, 11) is 0. The smallest absolute Gasteiger partial charge is 0.262 e. The van der Waals surface area contributed by atoms with Crippen molar-refractivity contribution in [3.8, 4) is 11.5 Å². The van der Waals surface area contributed by atoms with Crippen LogP contribution in [0.3, 0.4) is 0 Å². The fourth-order valence-electron chi connectivity index (χ4n) is 6.72. The van der Waals surface area contributed by atoms with Gasteiger partial charge in [-0.15, -0.1) is 0 Å². The highest BCUT2D eigenvalue weighted by atomic mass is 16.5. The minimum absolute atomic E-state index is 0.000134. The van der Waals surface area contributed by atoms with Crippen molar-refractivity contribution >= 4 is 17.6 Å². The molecule has 2 fully saturated rings. The van der Waals surface area contributed by atoms with Crippen molar-refractivity contribution in [2.45, 2.75) is 65.4 Å². The van der Waals surface area contributed by atoms with Gasteiger partial charge in [-0.2, -0.15) is 0 Å². The maximum atomic E-state index is 12.8. The van der Waals surface area contributed by atoms with Crippen LogP contribution in [-0.4, -0.2) is 28.3 Å². The molecule has 6 nitrogen and oxygen atoms in total. The monoisotopic (exact) mass is 397 g/mol. The van der Waals surface area contributed by atoms with Crippen LogP contribution in [0.25, 0.3) is 0 Å². The lowest BCUT2D eigenvalue weighted by Gasteiger charge is -2.65. The molecule has 2 heterocycles. The Morgan fingerprint density at radius 1 is 1.14 bits per heavy atom. The Hall–Kier alpha value is -2.37. The van der Waals surface area contributed by atoms with Gasteiger partial charge in [0.05, 0.1) is 11.1 Å². The number of Topliss-reactive ketones (excluding diaryl/α,β-unsaturated/α-hetero) is 1. The molecule has 2 amide bonds. The molecule has 2 N–H and O–H groups in total. The van der Waals surface area contributed by atoms with Crippen LogP contribution < -0.4 is 10.1 Å². The zero-order valence-corrected chi connectivity index (χ0v) is 17.3. The van der Waals surface area contributed by atoms with Crippen LogP contribution in [0.2, 0.25) is 0 Å². The first-order valence-electron chi connectivity index (χ1n) is 10.5. The number of phenols is 1. The third kappa shape index (κ3) is 2.05. The number of aromatic hydroxyl groups is 1. The van der Waals surface area contributed by atoms with Gasteiger partial charge in [-0.3, -0.25) is 19.7 Å². The highest BCUT2D eigenvalue weighted by molar-refractivity contribution is 6.23. The lowest BCUT2D eigenvalue weighted by Crippen LogP contribution is -2.69. The van der Waals surface area contributed by atoms with Crippen molar-refractivity contribution < 1.29 is 24.2 Å². The molecule has 6 heteroatoms. The van der Waals surface area contributed by atoms with Gasteiger partial charge in [-0.05, 0) is 37.7 Å². The molecule has 154 valence electrons. The summed E-state index contributed by atoms with van der Waals surface area (Å²) in [5.74, 6) is -0.0421. The largest absolute Gasteiger partial charge is 0.508 e. The second-order valence-electron chi connectivity index (χ2n) is 10.2. The molecule has 0 unspecified atom stereocenters. The number of benzene rings is 1. The lowest BCUT2D eigenvalue weighted by molar-refractivity contribution is -0.208. The summed E-state index contributed by atoms with van der Waals surface area (Å²) in [5, 5.41) is 13.0. The van der Waals surface area contributed by atoms with Gasteiger partial charge >= 0.3 is 0 Å². The zero-order valence-electron chi connectivity index (χ0n) is 17.3. The number of hydrogen-bond acceptors (Lipinski definition) is 5. The Morgan fingerprint density at radius 2 is 1.86 bits per heavy atom. The van der Waals surface area contributed by atoms with Crippen LogP contribution in [0, 0.1) is 22.7 Å². The number of phenolic OH excluding ortho intramolecular Hbond substituents is 1. The van der Waals surface area contributed by atoms with Crippen molar-refractivity contribution in [1.29, 1.82) is 0 Å². The third-order valence-corrected chi connectivity index (χ3v) is 8.71. The van der Waals surface area contributed by atoms with Crippen LogP contribution in [0.15, 0.2) is 6.07 Å². The molecule has 0 radical (unpaired) electrons. The number of hydrogen-bond donors (Lipinski definition) is 2. The van der Waals surface area contributed by atoms with E-state index >= 15 is 0 Å². The fraction of sp³-hybridized carbons (Fsp3) is 0.609. The average Bonchev–Trinajstić information content (AvgIpc) is 2.92. The summed E-state index contributed by atoms with van der Waals surface area (Å²) < 4.78 is 6.80. The van der Waals surface area contributed by atoms with Gasteiger partial charge in [-0.1, -0.05) is 27.7 Å². The normalized spacial score (nSPS) is 37.0. The molecule has 2 aliphatic carbocycles. The Labute approximate surface area is 170 Å². The Morgan fingerprint density at radius 3 is 2.59 bits per heavy atom. The molecule has 0 aromatic heterocycles. The lowest BCUT2D eigenvalue weighted by atomic mass is 9.44. The topological polar surface area (TPSA) is 92.7 Å². The fourth-order valence-corrected chi connectivity index (χ4v) is 6.72. The summed E-state index contributed by atoms with van der Waals surface area (Å²) in [5.41, 5.74) is -0.420. The number of ketones is 1. The van der Waals surface area contributed by atoms with E-state index in [2.05, 4.69) is 19.2 Å². The van der Waals surface area contributed by atoms with E-state index < -0.39 is 22.8 Å². The Balaban J connectivity index is 1.77. The first-order valence-corrected chi connectivity index (χ1v) is 10.5. The highest BCUT2D eigenvalue weighted by Gasteiger charge is 2.68. The Bertz CT molecular complexity index is 995. The van der Waals surface area contributed by atoms with Gasteiger partial charge in [0.15, 0.2) is 0 Å². The van der Waals surface area contributed by atoms with E-state index in [0.29, 0.717) is 36.5 Å². The number of carbonyl (C=O) groups is 3. The molecule has 29 heavy (non-hydrogen) atoms. The third-order valence-electron chi connectivity index (χ3n) is 8.71. The maximum Gasteiger partial charge on any atom is 0.262 e. The molecule has 2 saturated carbocycles. The minimum Gasteiger partial charge on any atom is -0.508 e. The van der Waals surface area contributed by atoms with Crippen molar-refractivity contribution in [3.63, 3.8) is 0 Å². The summed E-state index contributed by atoms with van der Waals surface area (Å²) in [6, 6.07) is 1.39. The van der Waals surface area contributed by atoms with Gasteiger partial charge in [0.1, 0.15) is 22.9 Å². The van der Waals surface area contributed by atoms with Gasteiger partial charge in [0.2, 0.25) is 0 Å². The molecule has 1 aromatic rings. The summed E-state index contributed by atoms with van der Waals surface area (Å²) in [4.78, 5) is 37.6. The molecule has 1 aromatic carbocycles. The van der Waals surface area contributed by atoms with Crippen molar-refractivity contribution in [1.82, 2.24) is 5.32 Å². The first-order chi connectivity index (χ1) is 13.5. The number of fused-ring (bicyclic) bond motifs is 3. The predicted molar refractivity (Wildman–Crippen MR) is 105 cm³/mol. The van der Waals surface area contributed by atoms with E-state index in [1.165, 1.54) is 6.07 Å². The molecule has 2 aliphatic heterocycles. The molecule has 0 saturated heterocycles. The SMILES string of the molecule is C[C@H]1CC[C@H]2C(C)(C)C(=O)CC[C@]23Oc2c(c(O)cc4c2C(=O)NC4=O)C[C@]13C. The highest BCUT2D eigenvalue weighted by Crippen LogP contribution is 2.66. The first kappa shape index (κ1) is 18.6. The zero-order chi connectivity index (χ0) is 20.9. The number of carbonyl (C=O) groups excluding carboxylic acids is 3. The van der Waals surface area contributed by atoms with Crippen LogP contribution in [0.4, 0.5) is 0 Å².